The number of hydrogen-bond donors (Lipinski definition) is 1. The molecule has 1 saturated carbocycles. The zero-order valence-electron chi connectivity index (χ0n) is 14.2. The Bertz CT molecular complexity index is 812. The molecule has 0 bridgehead atoms. The zero-order valence-corrected chi connectivity index (χ0v) is 15.0. The van der Waals surface area contributed by atoms with E-state index in [-0.39, 0.29) is 17.5 Å². The summed E-state index contributed by atoms with van der Waals surface area (Å²) in [7, 11) is 0. The summed E-state index contributed by atoms with van der Waals surface area (Å²) in [6, 6.07) is 10.4. The lowest BCUT2D eigenvalue weighted by Gasteiger charge is -2.31. The van der Waals surface area contributed by atoms with Crippen LogP contribution < -0.4 is 10.9 Å². The van der Waals surface area contributed by atoms with Crippen molar-refractivity contribution in [1.82, 2.24) is 9.78 Å². The second-order valence-corrected chi connectivity index (χ2v) is 7.02. The first kappa shape index (κ1) is 17.7. The molecule has 1 atom stereocenters. The Hall–Kier alpha value is -2.14. The van der Waals surface area contributed by atoms with Crippen LogP contribution in [-0.2, 0) is 4.79 Å². The van der Waals surface area contributed by atoms with Gasteiger partial charge in [-0.15, -0.1) is 0 Å². The number of amides is 1. The molecule has 0 spiro atoms. The van der Waals surface area contributed by atoms with E-state index in [1.54, 1.807) is 0 Å². The summed E-state index contributed by atoms with van der Waals surface area (Å²) in [6.07, 6.45) is 5.64. The minimum atomic E-state index is -0.213. The van der Waals surface area contributed by atoms with Gasteiger partial charge in [0.05, 0.1) is 6.04 Å². The fraction of sp³-hybridized carbons (Fsp3) is 0.421. The summed E-state index contributed by atoms with van der Waals surface area (Å²) in [4.78, 5) is 23.9. The Kier molecular flexibility index (Phi) is 5.53. The van der Waals surface area contributed by atoms with Crippen molar-refractivity contribution in [3.05, 3.63) is 57.3 Å². The molecule has 2 aromatic rings. The van der Waals surface area contributed by atoms with E-state index in [0.29, 0.717) is 16.8 Å². The summed E-state index contributed by atoms with van der Waals surface area (Å²) in [5.74, 6) is 0.495. The maximum Gasteiger partial charge on any atom is 0.267 e. The fourth-order valence-electron chi connectivity index (χ4n) is 3.63. The molecule has 5 nitrogen and oxygen atoms in total. The number of aromatic nitrogens is 2. The molecule has 132 valence electrons. The van der Waals surface area contributed by atoms with Crippen LogP contribution in [-0.4, -0.2) is 15.7 Å². The van der Waals surface area contributed by atoms with E-state index in [0.717, 1.165) is 31.2 Å². The first-order valence-electron chi connectivity index (χ1n) is 8.67. The maximum absolute atomic E-state index is 12.6. The van der Waals surface area contributed by atoms with Gasteiger partial charge in [-0.2, -0.15) is 5.10 Å². The van der Waals surface area contributed by atoms with Crippen LogP contribution in [0.5, 0.6) is 0 Å². The van der Waals surface area contributed by atoms with Crippen LogP contribution in [0.2, 0.25) is 5.02 Å². The molecule has 1 aliphatic rings. The summed E-state index contributed by atoms with van der Waals surface area (Å²) in [5.41, 5.74) is 0.804. The van der Waals surface area contributed by atoms with Gasteiger partial charge in [0.25, 0.3) is 5.56 Å². The van der Waals surface area contributed by atoms with Crippen molar-refractivity contribution in [2.45, 2.75) is 45.1 Å². The van der Waals surface area contributed by atoms with Gasteiger partial charge in [-0.3, -0.25) is 9.59 Å². The molecule has 1 aliphatic carbocycles. The number of hydrogen-bond acceptors (Lipinski definition) is 3. The van der Waals surface area contributed by atoms with Crippen LogP contribution in [0.15, 0.2) is 41.2 Å². The predicted molar refractivity (Wildman–Crippen MR) is 99.0 cm³/mol. The van der Waals surface area contributed by atoms with Gasteiger partial charge < -0.3 is 5.32 Å². The van der Waals surface area contributed by atoms with Gasteiger partial charge in [0, 0.05) is 18.0 Å². The molecule has 0 saturated heterocycles. The van der Waals surface area contributed by atoms with E-state index in [1.165, 1.54) is 30.2 Å². The zero-order chi connectivity index (χ0) is 17.8. The Morgan fingerprint density at radius 3 is 2.68 bits per heavy atom. The first-order valence-corrected chi connectivity index (χ1v) is 9.05. The molecule has 0 aliphatic heterocycles. The van der Waals surface area contributed by atoms with Crippen LogP contribution in [0.4, 0.5) is 5.82 Å². The van der Waals surface area contributed by atoms with Crippen molar-refractivity contribution >= 4 is 23.3 Å². The molecule has 1 fully saturated rings. The predicted octanol–water partition coefficient (Wildman–Crippen LogP) is 4.02. The Balaban J connectivity index is 2.07. The highest BCUT2D eigenvalue weighted by Gasteiger charge is 2.28. The minimum Gasteiger partial charge on any atom is -0.310 e. The molecular formula is C19H22ClN3O2. The van der Waals surface area contributed by atoms with Crippen molar-refractivity contribution < 1.29 is 4.79 Å². The van der Waals surface area contributed by atoms with E-state index in [1.807, 2.05) is 24.3 Å². The first-order chi connectivity index (χ1) is 12.0. The van der Waals surface area contributed by atoms with Crippen molar-refractivity contribution in [1.29, 1.82) is 0 Å². The molecule has 1 aromatic carbocycles. The van der Waals surface area contributed by atoms with Gasteiger partial charge in [-0.1, -0.05) is 43.0 Å². The highest BCUT2D eigenvalue weighted by Crippen LogP contribution is 2.36. The Morgan fingerprint density at radius 1 is 1.24 bits per heavy atom. The molecule has 25 heavy (non-hydrogen) atoms. The van der Waals surface area contributed by atoms with Crippen LogP contribution in [0.3, 0.4) is 0 Å². The third-order valence-electron chi connectivity index (χ3n) is 4.68. The lowest BCUT2D eigenvalue weighted by molar-refractivity contribution is -0.114. The topological polar surface area (TPSA) is 64.0 Å². The second-order valence-electron chi connectivity index (χ2n) is 6.58. The van der Waals surface area contributed by atoms with Gasteiger partial charge >= 0.3 is 0 Å². The molecule has 1 heterocycles. The number of halogens is 1. The number of rotatable bonds is 4. The number of nitrogens with zero attached hydrogens (tertiary/aromatic N) is 2. The molecule has 1 aromatic heterocycles. The van der Waals surface area contributed by atoms with Crippen molar-refractivity contribution in [3.63, 3.8) is 0 Å². The van der Waals surface area contributed by atoms with Crippen LogP contribution in [0, 0.1) is 5.92 Å². The monoisotopic (exact) mass is 359 g/mol. The van der Waals surface area contributed by atoms with Gasteiger partial charge in [-0.05, 0) is 42.5 Å². The van der Waals surface area contributed by atoms with Crippen molar-refractivity contribution in [2.24, 2.45) is 5.92 Å². The normalized spacial score (nSPS) is 16.4. The van der Waals surface area contributed by atoms with Gasteiger partial charge in [-0.25, -0.2) is 4.68 Å². The standard InChI is InChI=1S/C19H22ClN3O2/c1-13(24)21-17-10-11-18(25)23(22-17)19(14-6-3-2-4-7-14)15-8-5-9-16(20)12-15/h5,8-12,14,19H,2-4,6-7H2,1H3,(H,21,22,24). The van der Waals surface area contributed by atoms with E-state index in [9.17, 15) is 9.59 Å². The molecule has 1 N–H and O–H groups in total. The lowest BCUT2D eigenvalue weighted by atomic mass is 9.81. The quantitative estimate of drug-likeness (QED) is 0.896. The number of anilines is 1. The number of benzene rings is 1. The third kappa shape index (κ3) is 4.28. The van der Waals surface area contributed by atoms with Gasteiger partial charge in [0.1, 0.15) is 0 Å². The SMILES string of the molecule is CC(=O)Nc1ccc(=O)n(C(c2cccc(Cl)c2)C2CCCCC2)n1. The molecule has 1 amide bonds. The highest BCUT2D eigenvalue weighted by molar-refractivity contribution is 6.30. The number of nitrogens with one attached hydrogen (secondary N) is 1. The smallest absolute Gasteiger partial charge is 0.267 e. The second kappa shape index (κ2) is 7.83. The Morgan fingerprint density at radius 2 is 2.00 bits per heavy atom. The van der Waals surface area contributed by atoms with E-state index in [2.05, 4.69) is 10.4 Å². The molecular weight excluding hydrogens is 338 g/mol. The van der Waals surface area contributed by atoms with E-state index < -0.39 is 0 Å². The van der Waals surface area contributed by atoms with Gasteiger partial charge in [0.2, 0.25) is 5.91 Å². The minimum absolute atomic E-state index is 0.176. The number of carbonyl (C=O) groups excluding carboxylic acids is 1. The van der Waals surface area contributed by atoms with Gasteiger partial charge in [0.15, 0.2) is 5.82 Å². The van der Waals surface area contributed by atoms with E-state index in [4.69, 9.17) is 11.6 Å². The average Bonchev–Trinajstić information content (AvgIpc) is 2.58. The molecule has 6 heteroatoms. The van der Waals surface area contributed by atoms with Crippen LogP contribution in [0.25, 0.3) is 0 Å². The lowest BCUT2D eigenvalue weighted by Crippen LogP contribution is -2.33. The molecule has 0 radical (unpaired) electrons. The van der Waals surface area contributed by atoms with Crippen molar-refractivity contribution in [2.75, 3.05) is 5.32 Å². The summed E-state index contributed by atoms with van der Waals surface area (Å²) < 4.78 is 1.51. The van der Waals surface area contributed by atoms with Crippen LogP contribution in [0.1, 0.15) is 50.6 Å². The highest BCUT2D eigenvalue weighted by atomic mass is 35.5. The van der Waals surface area contributed by atoms with E-state index >= 15 is 0 Å². The summed E-state index contributed by atoms with van der Waals surface area (Å²) in [5, 5.41) is 7.72. The van der Waals surface area contributed by atoms with Crippen LogP contribution >= 0.6 is 11.6 Å². The van der Waals surface area contributed by atoms with Crippen molar-refractivity contribution in [3.8, 4) is 0 Å². The third-order valence-corrected chi connectivity index (χ3v) is 4.91. The average molecular weight is 360 g/mol. The number of carbonyl (C=O) groups is 1. The summed E-state index contributed by atoms with van der Waals surface area (Å²) >= 11 is 6.19. The molecule has 3 rings (SSSR count). The molecule has 1 unspecified atom stereocenters. The summed E-state index contributed by atoms with van der Waals surface area (Å²) in [6.45, 7) is 1.42. The Labute approximate surface area is 152 Å². The maximum atomic E-state index is 12.6. The fourth-order valence-corrected chi connectivity index (χ4v) is 3.82. The largest absolute Gasteiger partial charge is 0.310 e.